The van der Waals surface area contributed by atoms with E-state index in [1.54, 1.807) is 6.07 Å². The van der Waals surface area contributed by atoms with Crippen LogP contribution >= 0.6 is 0 Å². The molecule has 0 saturated carbocycles. The number of nitrogens with zero attached hydrogens (tertiary/aromatic N) is 1. The summed E-state index contributed by atoms with van der Waals surface area (Å²) in [6, 6.07) is 7.36. The van der Waals surface area contributed by atoms with Crippen molar-refractivity contribution in [2.75, 3.05) is 7.11 Å². The Morgan fingerprint density at radius 1 is 1.38 bits per heavy atom. The number of ether oxygens (including phenoxy) is 1. The SMILES string of the molecule is C#Cc1cnc(C(=O)OC)c2ccccc12. The number of carbonyl (C=O) groups is 1. The van der Waals surface area contributed by atoms with E-state index < -0.39 is 5.97 Å². The Labute approximate surface area is 93.1 Å². The number of fused-ring (bicyclic) bond motifs is 1. The van der Waals surface area contributed by atoms with Gasteiger partial charge < -0.3 is 4.74 Å². The highest BCUT2D eigenvalue weighted by molar-refractivity contribution is 6.04. The fraction of sp³-hybridized carbons (Fsp3) is 0.0769. The van der Waals surface area contributed by atoms with E-state index in [0.29, 0.717) is 10.9 Å². The summed E-state index contributed by atoms with van der Waals surface area (Å²) < 4.78 is 4.66. The van der Waals surface area contributed by atoms with Crippen molar-refractivity contribution >= 4 is 16.7 Å². The minimum atomic E-state index is -0.459. The van der Waals surface area contributed by atoms with E-state index in [-0.39, 0.29) is 5.69 Å². The summed E-state index contributed by atoms with van der Waals surface area (Å²) in [7, 11) is 1.33. The first-order valence-electron chi connectivity index (χ1n) is 4.70. The first kappa shape index (κ1) is 10.2. The van der Waals surface area contributed by atoms with Gasteiger partial charge in [-0.15, -0.1) is 6.42 Å². The van der Waals surface area contributed by atoms with Crippen molar-refractivity contribution in [3.8, 4) is 12.3 Å². The lowest BCUT2D eigenvalue weighted by Crippen LogP contribution is -2.05. The second-order valence-electron chi connectivity index (χ2n) is 3.20. The van der Waals surface area contributed by atoms with E-state index in [1.165, 1.54) is 13.3 Å². The number of pyridine rings is 1. The van der Waals surface area contributed by atoms with Crippen LogP contribution in [0.1, 0.15) is 16.1 Å². The molecule has 2 aromatic rings. The molecule has 0 radical (unpaired) electrons. The first-order chi connectivity index (χ1) is 7.77. The van der Waals surface area contributed by atoms with Gasteiger partial charge in [-0.05, 0) is 0 Å². The molecular formula is C13H9NO2. The van der Waals surface area contributed by atoms with Crippen molar-refractivity contribution in [2.45, 2.75) is 0 Å². The molecule has 0 aliphatic rings. The van der Waals surface area contributed by atoms with E-state index in [1.807, 2.05) is 18.2 Å². The van der Waals surface area contributed by atoms with Crippen molar-refractivity contribution < 1.29 is 9.53 Å². The van der Waals surface area contributed by atoms with E-state index in [0.717, 1.165) is 5.39 Å². The van der Waals surface area contributed by atoms with Gasteiger partial charge in [0.1, 0.15) is 0 Å². The molecule has 1 heterocycles. The maximum Gasteiger partial charge on any atom is 0.357 e. The van der Waals surface area contributed by atoms with Gasteiger partial charge in [0.15, 0.2) is 5.69 Å². The number of aromatic nitrogens is 1. The van der Waals surface area contributed by atoms with Gasteiger partial charge in [0.25, 0.3) is 0 Å². The van der Waals surface area contributed by atoms with E-state index in [9.17, 15) is 4.79 Å². The minimum Gasteiger partial charge on any atom is -0.464 e. The number of carbonyl (C=O) groups excluding carboxylic acids is 1. The number of rotatable bonds is 1. The molecule has 78 valence electrons. The third kappa shape index (κ3) is 1.51. The molecule has 0 spiro atoms. The van der Waals surface area contributed by atoms with Crippen LogP contribution < -0.4 is 0 Å². The van der Waals surface area contributed by atoms with Crippen LogP contribution in [0, 0.1) is 12.3 Å². The van der Waals surface area contributed by atoms with Gasteiger partial charge in [-0.25, -0.2) is 9.78 Å². The third-order valence-electron chi connectivity index (χ3n) is 2.33. The monoisotopic (exact) mass is 211 g/mol. The minimum absolute atomic E-state index is 0.289. The Kier molecular flexibility index (Phi) is 2.57. The van der Waals surface area contributed by atoms with Gasteiger partial charge in [0.2, 0.25) is 0 Å². The van der Waals surface area contributed by atoms with Crippen LogP contribution in [-0.2, 0) is 4.74 Å². The van der Waals surface area contributed by atoms with E-state index >= 15 is 0 Å². The number of esters is 1. The molecule has 0 saturated heterocycles. The maximum atomic E-state index is 11.5. The standard InChI is InChI=1S/C13H9NO2/c1-3-9-8-14-12(13(15)16-2)11-7-5-4-6-10(9)11/h1,4-8H,2H3. The Bertz CT molecular complexity index is 596. The fourth-order valence-corrected chi connectivity index (χ4v) is 1.57. The van der Waals surface area contributed by atoms with Crippen molar-refractivity contribution in [1.29, 1.82) is 0 Å². The summed E-state index contributed by atoms with van der Waals surface area (Å²) in [5.41, 5.74) is 0.959. The summed E-state index contributed by atoms with van der Waals surface area (Å²) in [4.78, 5) is 15.5. The van der Waals surface area contributed by atoms with E-state index in [4.69, 9.17) is 6.42 Å². The quantitative estimate of drug-likeness (QED) is 0.535. The van der Waals surface area contributed by atoms with Crippen molar-refractivity contribution in [2.24, 2.45) is 0 Å². The van der Waals surface area contributed by atoms with Crippen molar-refractivity contribution in [1.82, 2.24) is 4.98 Å². The molecule has 3 nitrogen and oxygen atoms in total. The molecule has 0 N–H and O–H groups in total. The van der Waals surface area contributed by atoms with Crippen LogP contribution in [0.4, 0.5) is 0 Å². The maximum absolute atomic E-state index is 11.5. The Morgan fingerprint density at radius 2 is 2.06 bits per heavy atom. The molecule has 1 aromatic heterocycles. The molecule has 16 heavy (non-hydrogen) atoms. The largest absolute Gasteiger partial charge is 0.464 e. The van der Waals surface area contributed by atoms with E-state index in [2.05, 4.69) is 15.6 Å². The molecule has 0 unspecified atom stereocenters. The van der Waals surface area contributed by atoms with Gasteiger partial charge in [-0.2, -0.15) is 0 Å². The summed E-state index contributed by atoms with van der Waals surface area (Å²) in [5.74, 6) is 2.08. The Hall–Kier alpha value is -2.34. The molecule has 0 bridgehead atoms. The second kappa shape index (κ2) is 4.03. The normalized spacial score (nSPS) is 9.75. The van der Waals surface area contributed by atoms with Gasteiger partial charge in [0, 0.05) is 17.0 Å². The average Bonchev–Trinajstić information content (AvgIpc) is 2.36. The molecular weight excluding hydrogens is 202 g/mol. The van der Waals surface area contributed by atoms with Gasteiger partial charge in [-0.3, -0.25) is 0 Å². The van der Waals surface area contributed by atoms with Crippen molar-refractivity contribution in [3.63, 3.8) is 0 Å². The summed E-state index contributed by atoms with van der Waals surface area (Å²) in [6.45, 7) is 0. The summed E-state index contributed by atoms with van der Waals surface area (Å²) in [6.07, 6.45) is 6.88. The van der Waals surface area contributed by atoms with Crippen LogP contribution in [0.15, 0.2) is 30.5 Å². The second-order valence-corrected chi connectivity index (χ2v) is 3.20. The molecule has 0 amide bonds. The zero-order valence-corrected chi connectivity index (χ0v) is 8.73. The first-order valence-corrected chi connectivity index (χ1v) is 4.70. The van der Waals surface area contributed by atoms with Gasteiger partial charge >= 0.3 is 5.97 Å². The lowest BCUT2D eigenvalue weighted by atomic mass is 10.1. The highest BCUT2D eigenvalue weighted by Gasteiger charge is 2.13. The molecule has 3 heteroatoms. The zero-order chi connectivity index (χ0) is 11.5. The summed E-state index contributed by atoms with van der Waals surface area (Å²) in [5, 5.41) is 1.55. The number of methoxy groups -OCH3 is 1. The molecule has 0 atom stereocenters. The lowest BCUT2D eigenvalue weighted by molar-refractivity contribution is 0.0596. The predicted octanol–water partition coefficient (Wildman–Crippen LogP) is 2.00. The summed E-state index contributed by atoms with van der Waals surface area (Å²) >= 11 is 0. The number of hydrogen-bond acceptors (Lipinski definition) is 3. The Morgan fingerprint density at radius 3 is 2.69 bits per heavy atom. The van der Waals surface area contributed by atoms with Gasteiger partial charge in [-0.1, -0.05) is 30.2 Å². The average molecular weight is 211 g/mol. The number of benzene rings is 1. The van der Waals surface area contributed by atoms with Crippen molar-refractivity contribution in [3.05, 3.63) is 41.7 Å². The molecule has 0 aliphatic heterocycles. The third-order valence-corrected chi connectivity index (χ3v) is 2.33. The zero-order valence-electron chi connectivity index (χ0n) is 8.73. The lowest BCUT2D eigenvalue weighted by Gasteiger charge is -2.05. The highest BCUT2D eigenvalue weighted by Crippen LogP contribution is 2.20. The Balaban J connectivity index is 2.81. The smallest absolute Gasteiger partial charge is 0.357 e. The van der Waals surface area contributed by atoms with Crippen LogP contribution in [0.25, 0.3) is 10.8 Å². The highest BCUT2D eigenvalue weighted by atomic mass is 16.5. The van der Waals surface area contributed by atoms with Crippen LogP contribution in [0.5, 0.6) is 0 Å². The number of hydrogen-bond donors (Lipinski definition) is 0. The predicted molar refractivity (Wildman–Crippen MR) is 61.0 cm³/mol. The van der Waals surface area contributed by atoms with Crippen LogP contribution in [-0.4, -0.2) is 18.1 Å². The molecule has 0 aliphatic carbocycles. The molecule has 0 fully saturated rings. The molecule has 1 aromatic carbocycles. The van der Waals surface area contributed by atoms with Crippen LogP contribution in [0.2, 0.25) is 0 Å². The van der Waals surface area contributed by atoms with Crippen LogP contribution in [0.3, 0.4) is 0 Å². The number of terminal acetylenes is 1. The molecule has 2 rings (SSSR count). The van der Waals surface area contributed by atoms with Gasteiger partial charge in [0.05, 0.1) is 12.7 Å². The fourth-order valence-electron chi connectivity index (χ4n) is 1.57. The topological polar surface area (TPSA) is 39.2 Å².